The maximum absolute atomic E-state index is 13.4. The van der Waals surface area contributed by atoms with Crippen molar-refractivity contribution in [2.45, 2.75) is 26.7 Å². The summed E-state index contributed by atoms with van der Waals surface area (Å²) >= 11 is 3.27. The Hall–Kier alpha value is -3.10. The number of rotatable bonds is 6. The summed E-state index contributed by atoms with van der Waals surface area (Å²) in [4.78, 5) is 42.1. The summed E-state index contributed by atoms with van der Waals surface area (Å²) in [5.41, 5.74) is 3.75. The number of carbonyl (C=O) groups is 2. The van der Waals surface area contributed by atoms with Gasteiger partial charge in [-0.3, -0.25) is 9.59 Å². The van der Waals surface area contributed by atoms with Crippen molar-refractivity contribution < 1.29 is 9.59 Å². The molecule has 0 spiro atoms. The van der Waals surface area contributed by atoms with E-state index in [1.165, 1.54) is 0 Å². The summed E-state index contributed by atoms with van der Waals surface area (Å²) < 4.78 is 0. The lowest BCUT2D eigenvalue weighted by atomic mass is 9.95. The SMILES string of the molecule is CCN(CC)C(=O)[C@H]1CCCN(C(=O)c2ccc3nc(-c4cccs4)c(-c4cccs4)nc3c2)C1. The van der Waals surface area contributed by atoms with E-state index in [1.807, 2.05) is 70.8 Å². The normalized spacial score (nSPS) is 15.9. The fraction of sp³-hybridized carbons (Fsp3) is 0.333. The van der Waals surface area contributed by atoms with E-state index in [-0.39, 0.29) is 17.7 Å². The highest BCUT2D eigenvalue weighted by molar-refractivity contribution is 7.14. The van der Waals surface area contributed by atoms with Crippen LogP contribution in [0.1, 0.15) is 37.0 Å². The van der Waals surface area contributed by atoms with E-state index < -0.39 is 0 Å². The van der Waals surface area contributed by atoms with E-state index in [2.05, 4.69) is 6.07 Å². The van der Waals surface area contributed by atoms with Gasteiger partial charge in [-0.25, -0.2) is 9.97 Å². The van der Waals surface area contributed by atoms with Crippen molar-refractivity contribution in [3.05, 3.63) is 58.8 Å². The molecule has 0 aliphatic carbocycles. The van der Waals surface area contributed by atoms with Crippen LogP contribution in [0.5, 0.6) is 0 Å². The van der Waals surface area contributed by atoms with E-state index in [0.717, 1.165) is 39.5 Å². The number of nitrogens with zero attached hydrogens (tertiary/aromatic N) is 4. The van der Waals surface area contributed by atoms with Crippen LogP contribution in [0.25, 0.3) is 32.2 Å². The van der Waals surface area contributed by atoms with E-state index in [4.69, 9.17) is 9.97 Å². The highest BCUT2D eigenvalue weighted by Gasteiger charge is 2.31. The van der Waals surface area contributed by atoms with Crippen molar-refractivity contribution in [1.82, 2.24) is 19.8 Å². The molecule has 2 amide bonds. The molecule has 1 aromatic carbocycles. The molecular formula is C27H28N4O2S2. The number of aromatic nitrogens is 2. The smallest absolute Gasteiger partial charge is 0.253 e. The molecule has 3 aromatic heterocycles. The Bertz CT molecular complexity index is 1330. The number of hydrogen-bond donors (Lipinski definition) is 0. The third-order valence-corrected chi connectivity index (χ3v) is 8.31. The topological polar surface area (TPSA) is 66.4 Å². The molecule has 5 rings (SSSR count). The van der Waals surface area contributed by atoms with Crippen molar-refractivity contribution in [1.29, 1.82) is 0 Å². The van der Waals surface area contributed by atoms with Gasteiger partial charge in [0, 0.05) is 31.7 Å². The predicted molar refractivity (Wildman–Crippen MR) is 143 cm³/mol. The lowest BCUT2D eigenvalue weighted by Crippen LogP contribution is -2.46. The Morgan fingerprint density at radius 2 is 1.63 bits per heavy atom. The second-order valence-electron chi connectivity index (χ2n) is 8.68. The Morgan fingerprint density at radius 3 is 2.23 bits per heavy atom. The summed E-state index contributed by atoms with van der Waals surface area (Å²) in [6.45, 7) is 6.53. The summed E-state index contributed by atoms with van der Waals surface area (Å²) in [5, 5.41) is 4.07. The van der Waals surface area contributed by atoms with Gasteiger partial charge in [-0.2, -0.15) is 0 Å². The highest BCUT2D eigenvalue weighted by Crippen LogP contribution is 2.35. The number of hydrogen-bond acceptors (Lipinski definition) is 6. The zero-order valence-electron chi connectivity index (χ0n) is 19.9. The van der Waals surface area contributed by atoms with Crippen LogP contribution in [-0.4, -0.2) is 57.8 Å². The number of piperidine rings is 1. The van der Waals surface area contributed by atoms with Crippen LogP contribution in [-0.2, 0) is 4.79 Å². The van der Waals surface area contributed by atoms with Gasteiger partial charge in [-0.1, -0.05) is 12.1 Å². The first kappa shape index (κ1) is 23.6. The molecule has 1 atom stereocenters. The zero-order valence-corrected chi connectivity index (χ0v) is 21.6. The quantitative estimate of drug-likeness (QED) is 0.332. The number of benzene rings is 1. The largest absolute Gasteiger partial charge is 0.343 e. The molecule has 1 saturated heterocycles. The van der Waals surface area contributed by atoms with Crippen molar-refractivity contribution in [3.8, 4) is 21.1 Å². The lowest BCUT2D eigenvalue weighted by Gasteiger charge is -2.34. The molecule has 35 heavy (non-hydrogen) atoms. The molecule has 0 unspecified atom stereocenters. The van der Waals surface area contributed by atoms with Gasteiger partial charge in [0.25, 0.3) is 5.91 Å². The van der Waals surface area contributed by atoms with Gasteiger partial charge in [-0.15, -0.1) is 22.7 Å². The first-order chi connectivity index (χ1) is 17.1. The van der Waals surface area contributed by atoms with Crippen LogP contribution in [0.2, 0.25) is 0 Å². The van der Waals surface area contributed by atoms with Gasteiger partial charge >= 0.3 is 0 Å². The second kappa shape index (κ2) is 10.3. The molecule has 8 heteroatoms. The monoisotopic (exact) mass is 504 g/mol. The van der Waals surface area contributed by atoms with Crippen LogP contribution in [0.4, 0.5) is 0 Å². The van der Waals surface area contributed by atoms with Gasteiger partial charge in [-0.05, 0) is 67.8 Å². The van der Waals surface area contributed by atoms with Crippen molar-refractivity contribution >= 4 is 45.5 Å². The average Bonchev–Trinajstić information content (AvgIpc) is 3.63. The first-order valence-corrected chi connectivity index (χ1v) is 13.8. The van der Waals surface area contributed by atoms with Crippen molar-refractivity contribution in [3.63, 3.8) is 0 Å². The van der Waals surface area contributed by atoms with E-state index >= 15 is 0 Å². The van der Waals surface area contributed by atoms with Gasteiger partial charge < -0.3 is 9.80 Å². The summed E-state index contributed by atoms with van der Waals surface area (Å²) in [7, 11) is 0. The molecule has 4 aromatic rings. The molecule has 1 aliphatic heterocycles. The molecule has 1 fully saturated rings. The predicted octanol–water partition coefficient (Wildman–Crippen LogP) is 5.81. The second-order valence-corrected chi connectivity index (χ2v) is 10.6. The summed E-state index contributed by atoms with van der Waals surface area (Å²) in [6.07, 6.45) is 1.67. The molecule has 0 saturated carbocycles. The van der Waals surface area contributed by atoms with Gasteiger partial charge in [0.1, 0.15) is 11.4 Å². The maximum Gasteiger partial charge on any atom is 0.253 e. The Morgan fingerprint density at radius 1 is 0.971 bits per heavy atom. The molecule has 6 nitrogen and oxygen atoms in total. The van der Waals surface area contributed by atoms with Gasteiger partial charge in [0.05, 0.1) is 26.7 Å². The molecule has 0 bridgehead atoms. The highest BCUT2D eigenvalue weighted by atomic mass is 32.1. The van der Waals surface area contributed by atoms with E-state index in [1.54, 1.807) is 22.7 Å². The standard InChI is InChI=1S/C27H28N4O2S2/c1-3-30(4-2)27(33)19-8-5-13-31(17-19)26(32)18-11-12-20-21(16-18)29-25(23-10-7-15-35-23)24(28-20)22-9-6-14-34-22/h6-7,9-12,14-16,19H,3-5,8,13,17H2,1-2H3/t19-/m0/s1. The molecule has 0 radical (unpaired) electrons. The summed E-state index contributed by atoms with van der Waals surface area (Å²) in [6, 6.07) is 13.7. The fourth-order valence-corrected chi connectivity index (χ4v) is 6.13. The number of fused-ring (bicyclic) bond motifs is 1. The van der Waals surface area contributed by atoms with E-state index in [0.29, 0.717) is 37.3 Å². The fourth-order valence-electron chi connectivity index (χ4n) is 4.70. The maximum atomic E-state index is 13.4. The zero-order chi connectivity index (χ0) is 24.4. The third-order valence-electron chi connectivity index (χ3n) is 6.55. The minimum atomic E-state index is -0.133. The van der Waals surface area contributed by atoms with E-state index in [9.17, 15) is 9.59 Å². The molecule has 180 valence electrons. The van der Waals surface area contributed by atoms with Crippen LogP contribution in [0, 0.1) is 5.92 Å². The van der Waals surface area contributed by atoms with Crippen molar-refractivity contribution in [2.24, 2.45) is 5.92 Å². The number of likely N-dealkylation sites (tertiary alicyclic amines) is 1. The molecular weight excluding hydrogens is 476 g/mol. The van der Waals surface area contributed by atoms with Crippen LogP contribution in [0.3, 0.4) is 0 Å². The molecule has 0 N–H and O–H groups in total. The Labute approximate surface area is 213 Å². The molecule has 4 heterocycles. The van der Waals surface area contributed by atoms with Crippen LogP contribution >= 0.6 is 22.7 Å². The number of amides is 2. The minimum absolute atomic E-state index is 0.0502. The lowest BCUT2D eigenvalue weighted by molar-refractivity contribution is -0.136. The Kier molecular flexibility index (Phi) is 6.92. The van der Waals surface area contributed by atoms with Gasteiger partial charge in [0.2, 0.25) is 5.91 Å². The number of thiophene rings is 2. The third kappa shape index (κ3) is 4.73. The average molecular weight is 505 g/mol. The van der Waals surface area contributed by atoms with Crippen molar-refractivity contribution in [2.75, 3.05) is 26.2 Å². The van der Waals surface area contributed by atoms with Crippen LogP contribution < -0.4 is 0 Å². The number of carbonyl (C=O) groups excluding carboxylic acids is 2. The summed E-state index contributed by atoms with van der Waals surface area (Å²) in [5.74, 6) is -0.0315. The first-order valence-electron chi connectivity index (χ1n) is 12.1. The molecule has 1 aliphatic rings. The Balaban J connectivity index is 1.46. The minimum Gasteiger partial charge on any atom is -0.343 e. The van der Waals surface area contributed by atoms with Gasteiger partial charge in [0.15, 0.2) is 0 Å². The van der Waals surface area contributed by atoms with Crippen LogP contribution in [0.15, 0.2) is 53.2 Å².